The molecular formula is C9H12BrF4NO4S. The second-order valence-corrected chi connectivity index (χ2v) is 6.79. The molecule has 1 atom stereocenters. The summed E-state index contributed by atoms with van der Waals surface area (Å²) < 4.78 is 71.3. The standard InChI is InChI=1S/C9H12BrF4NO4S/c1-20(18,19)3-2-5(6(16)4-10)15-8(17)9(13,14)7(11)12/h5,7H,2-4H2,1H3,(H,15,17). The molecule has 0 aliphatic carbocycles. The summed E-state index contributed by atoms with van der Waals surface area (Å²) in [6, 6.07) is -1.58. The predicted molar refractivity (Wildman–Crippen MR) is 66.0 cm³/mol. The Morgan fingerprint density at radius 2 is 1.80 bits per heavy atom. The van der Waals surface area contributed by atoms with E-state index in [4.69, 9.17) is 0 Å². The molecule has 0 saturated carbocycles. The zero-order valence-electron chi connectivity index (χ0n) is 10.2. The van der Waals surface area contributed by atoms with Gasteiger partial charge >= 0.3 is 12.3 Å². The molecule has 1 N–H and O–H groups in total. The number of sulfone groups is 1. The van der Waals surface area contributed by atoms with Crippen molar-refractivity contribution in [3.8, 4) is 0 Å². The molecule has 0 saturated heterocycles. The highest BCUT2D eigenvalue weighted by Gasteiger charge is 2.49. The summed E-state index contributed by atoms with van der Waals surface area (Å²) >= 11 is 2.72. The maximum Gasteiger partial charge on any atom is 0.383 e. The molecule has 1 unspecified atom stereocenters. The zero-order valence-corrected chi connectivity index (χ0v) is 12.6. The number of rotatable bonds is 8. The van der Waals surface area contributed by atoms with E-state index in [9.17, 15) is 35.6 Å². The summed E-state index contributed by atoms with van der Waals surface area (Å²) in [6.45, 7) is 0. The van der Waals surface area contributed by atoms with E-state index in [-0.39, 0.29) is 5.33 Å². The smallest absolute Gasteiger partial charge is 0.341 e. The molecule has 11 heteroatoms. The fourth-order valence-corrected chi connectivity index (χ4v) is 2.15. The van der Waals surface area contributed by atoms with Gasteiger partial charge in [0, 0.05) is 6.26 Å². The van der Waals surface area contributed by atoms with E-state index < -0.39 is 52.1 Å². The van der Waals surface area contributed by atoms with Gasteiger partial charge in [0.15, 0.2) is 5.78 Å². The first-order valence-corrected chi connectivity index (χ1v) is 8.33. The molecule has 118 valence electrons. The Morgan fingerprint density at radius 1 is 1.30 bits per heavy atom. The van der Waals surface area contributed by atoms with Gasteiger partial charge in [0.2, 0.25) is 0 Å². The van der Waals surface area contributed by atoms with Crippen LogP contribution < -0.4 is 5.32 Å². The lowest BCUT2D eigenvalue weighted by molar-refractivity contribution is -0.170. The number of halogens is 5. The van der Waals surface area contributed by atoms with Crippen LogP contribution in [0.15, 0.2) is 0 Å². The van der Waals surface area contributed by atoms with E-state index in [2.05, 4.69) is 15.9 Å². The summed E-state index contributed by atoms with van der Waals surface area (Å²) in [5.74, 6) is -8.63. The molecule has 0 bridgehead atoms. The quantitative estimate of drug-likeness (QED) is 0.494. The first-order chi connectivity index (χ1) is 8.91. The Labute approximate surface area is 121 Å². The molecule has 0 radical (unpaired) electrons. The van der Waals surface area contributed by atoms with Crippen LogP contribution in [0.25, 0.3) is 0 Å². The van der Waals surface area contributed by atoms with Crippen LogP contribution in [0.5, 0.6) is 0 Å². The van der Waals surface area contributed by atoms with Gasteiger partial charge in [-0.15, -0.1) is 0 Å². The molecule has 0 spiro atoms. The van der Waals surface area contributed by atoms with Crippen LogP contribution in [0.3, 0.4) is 0 Å². The van der Waals surface area contributed by atoms with Crippen LogP contribution in [0.2, 0.25) is 0 Å². The molecule has 0 aromatic carbocycles. The zero-order chi connectivity index (χ0) is 16.1. The highest BCUT2D eigenvalue weighted by atomic mass is 79.9. The lowest BCUT2D eigenvalue weighted by Crippen LogP contribution is -2.52. The predicted octanol–water partition coefficient (Wildman–Crippen LogP) is 0.770. The number of hydrogen-bond acceptors (Lipinski definition) is 4. The monoisotopic (exact) mass is 385 g/mol. The van der Waals surface area contributed by atoms with Gasteiger partial charge in [0.05, 0.1) is 17.1 Å². The molecule has 0 aromatic heterocycles. The SMILES string of the molecule is CS(=O)(=O)CCC(NC(=O)C(F)(F)C(F)F)C(=O)CBr. The normalized spacial score (nSPS) is 14.2. The third kappa shape index (κ3) is 6.16. The molecule has 0 heterocycles. The van der Waals surface area contributed by atoms with Gasteiger partial charge < -0.3 is 5.32 Å². The van der Waals surface area contributed by atoms with Crippen molar-refractivity contribution < 1.29 is 35.6 Å². The minimum atomic E-state index is -4.95. The van der Waals surface area contributed by atoms with E-state index in [0.717, 1.165) is 6.26 Å². The molecule has 0 rings (SSSR count). The molecule has 20 heavy (non-hydrogen) atoms. The number of alkyl halides is 5. The lowest BCUT2D eigenvalue weighted by atomic mass is 10.1. The second-order valence-electron chi connectivity index (χ2n) is 3.97. The van der Waals surface area contributed by atoms with Crippen LogP contribution in [0.1, 0.15) is 6.42 Å². The Balaban J connectivity index is 4.92. The molecule has 0 aliphatic heterocycles. The van der Waals surface area contributed by atoms with Gasteiger partial charge in [0.1, 0.15) is 9.84 Å². The van der Waals surface area contributed by atoms with Crippen LogP contribution >= 0.6 is 15.9 Å². The maximum absolute atomic E-state index is 12.7. The van der Waals surface area contributed by atoms with Gasteiger partial charge in [-0.25, -0.2) is 17.2 Å². The molecule has 0 aromatic rings. The fraction of sp³-hybridized carbons (Fsp3) is 0.778. The minimum Gasteiger partial charge on any atom is -0.341 e. The van der Waals surface area contributed by atoms with Crippen molar-refractivity contribution in [1.29, 1.82) is 0 Å². The third-order valence-corrected chi connectivity index (χ3v) is 3.71. The highest BCUT2D eigenvalue weighted by molar-refractivity contribution is 9.09. The Bertz CT molecular complexity index is 469. The largest absolute Gasteiger partial charge is 0.383 e. The van der Waals surface area contributed by atoms with Crippen molar-refractivity contribution in [2.75, 3.05) is 17.3 Å². The van der Waals surface area contributed by atoms with Crippen LogP contribution in [-0.4, -0.2) is 55.8 Å². The van der Waals surface area contributed by atoms with Crippen molar-refractivity contribution in [3.63, 3.8) is 0 Å². The van der Waals surface area contributed by atoms with E-state index in [1.807, 2.05) is 0 Å². The molecule has 5 nitrogen and oxygen atoms in total. The summed E-state index contributed by atoms with van der Waals surface area (Å²) in [6.07, 6.45) is -3.86. The first kappa shape index (κ1) is 19.3. The highest BCUT2D eigenvalue weighted by Crippen LogP contribution is 2.23. The Kier molecular flexibility index (Phi) is 7.08. The molecular weight excluding hydrogens is 374 g/mol. The minimum absolute atomic E-state index is 0.345. The van der Waals surface area contributed by atoms with Crippen molar-refractivity contribution >= 4 is 37.5 Å². The number of ketones is 1. The second kappa shape index (κ2) is 7.34. The average Bonchev–Trinajstić information content (AvgIpc) is 2.31. The van der Waals surface area contributed by atoms with Gasteiger partial charge in [-0.1, -0.05) is 15.9 Å². The Hall–Kier alpha value is -0.710. The summed E-state index contributed by atoms with van der Waals surface area (Å²) in [4.78, 5) is 22.4. The number of nitrogens with one attached hydrogen (secondary N) is 1. The van der Waals surface area contributed by atoms with E-state index in [0.29, 0.717) is 0 Å². The topological polar surface area (TPSA) is 80.3 Å². The lowest BCUT2D eigenvalue weighted by Gasteiger charge is -2.20. The van der Waals surface area contributed by atoms with Gasteiger partial charge in [-0.05, 0) is 6.42 Å². The molecule has 1 amide bonds. The fourth-order valence-electron chi connectivity index (χ4n) is 1.09. The van der Waals surface area contributed by atoms with Crippen molar-refractivity contribution in [3.05, 3.63) is 0 Å². The number of carbonyl (C=O) groups is 2. The Morgan fingerprint density at radius 3 is 2.15 bits per heavy atom. The summed E-state index contributed by atoms with van der Waals surface area (Å²) in [5, 5.41) is 1.10. The number of Topliss-reactive ketones (excluding diaryl/α,β-unsaturated/α-hetero) is 1. The molecule has 0 fully saturated rings. The van der Waals surface area contributed by atoms with Crippen LogP contribution in [-0.2, 0) is 19.4 Å². The summed E-state index contributed by atoms with van der Waals surface area (Å²) in [7, 11) is -3.50. The number of amides is 1. The maximum atomic E-state index is 12.7. The number of carbonyl (C=O) groups excluding carboxylic acids is 2. The van der Waals surface area contributed by atoms with Gasteiger partial charge in [-0.3, -0.25) is 9.59 Å². The summed E-state index contributed by atoms with van der Waals surface area (Å²) in [5.41, 5.74) is 0. The van der Waals surface area contributed by atoms with Gasteiger partial charge in [-0.2, -0.15) is 8.78 Å². The van der Waals surface area contributed by atoms with E-state index >= 15 is 0 Å². The van der Waals surface area contributed by atoms with Crippen molar-refractivity contribution in [1.82, 2.24) is 5.32 Å². The van der Waals surface area contributed by atoms with E-state index in [1.54, 1.807) is 0 Å². The third-order valence-electron chi connectivity index (χ3n) is 2.18. The van der Waals surface area contributed by atoms with Crippen LogP contribution in [0.4, 0.5) is 17.6 Å². The molecule has 0 aliphatic rings. The van der Waals surface area contributed by atoms with Crippen LogP contribution in [0, 0.1) is 0 Å². The van der Waals surface area contributed by atoms with Crippen molar-refractivity contribution in [2.45, 2.75) is 24.8 Å². The first-order valence-electron chi connectivity index (χ1n) is 5.15. The van der Waals surface area contributed by atoms with E-state index in [1.165, 1.54) is 5.32 Å². The average molecular weight is 386 g/mol. The van der Waals surface area contributed by atoms with Crippen molar-refractivity contribution in [2.24, 2.45) is 0 Å². The van der Waals surface area contributed by atoms with Gasteiger partial charge in [0.25, 0.3) is 5.91 Å². The number of hydrogen-bond donors (Lipinski definition) is 1.